The standard InChI is InChI=1S/C10H7F3N2O2/c1-17-9(16)3-7-2-6(4-14)8(5-15-7)10(11,12)13/h2,5H,3H2,1H3. The van der Waals surface area contributed by atoms with Crippen LogP contribution in [0.5, 0.6) is 0 Å². The molecule has 0 unspecified atom stereocenters. The van der Waals surface area contributed by atoms with Gasteiger partial charge in [-0.3, -0.25) is 9.78 Å². The Labute approximate surface area is 94.6 Å². The predicted octanol–water partition coefficient (Wildman–Crippen LogP) is 1.69. The number of hydrogen-bond acceptors (Lipinski definition) is 4. The normalized spacial score (nSPS) is 10.8. The second-order valence-electron chi connectivity index (χ2n) is 3.08. The van der Waals surface area contributed by atoms with Crippen molar-refractivity contribution < 1.29 is 22.7 Å². The van der Waals surface area contributed by atoms with Gasteiger partial charge in [-0.2, -0.15) is 18.4 Å². The van der Waals surface area contributed by atoms with Gasteiger partial charge in [0, 0.05) is 6.20 Å². The minimum absolute atomic E-state index is 0.0569. The van der Waals surface area contributed by atoms with Crippen molar-refractivity contribution in [2.45, 2.75) is 12.6 Å². The van der Waals surface area contributed by atoms with E-state index in [1.54, 1.807) is 0 Å². The van der Waals surface area contributed by atoms with Crippen molar-refractivity contribution >= 4 is 5.97 Å². The van der Waals surface area contributed by atoms with Crippen molar-refractivity contribution in [1.82, 2.24) is 4.98 Å². The van der Waals surface area contributed by atoms with Gasteiger partial charge in [0.05, 0.1) is 36.4 Å². The molecule has 4 nitrogen and oxygen atoms in total. The van der Waals surface area contributed by atoms with E-state index < -0.39 is 23.3 Å². The Morgan fingerprint density at radius 1 is 1.59 bits per heavy atom. The topological polar surface area (TPSA) is 63.0 Å². The summed E-state index contributed by atoms with van der Waals surface area (Å²) in [6.45, 7) is 0. The molecular formula is C10H7F3N2O2. The lowest BCUT2D eigenvalue weighted by Gasteiger charge is -2.08. The Morgan fingerprint density at radius 2 is 2.24 bits per heavy atom. The summed E-state index contributed by atoms with van der Waals surface area (Å²) >= 11 is 0. The molecule has 1 aromatic rings. The summed E-state index contributed by atoms with van der Waals surface area (Å²) in [5.41, 5.74) is -1.62. The summed E-state index contributed by atoms with van der Waals surface area (Å²) in [6, 6.07) is 2.35. The zero-order valence-electron chi connectivity index (χ0n) is 8.71. The van der Waals surface area contributed by atoms with Crippen molar-refractivity contribution in [2.24, 2.45) is 0 Å². The zero-order chi connectivity index (χ0) is 13.1. The number of hydrogen-bond donors (Lipinski definition) is 0. The van der Waals surface area contributed by atoms with E-state index >= 15 is 0 Å². The van der Waals surface area contributed by atoms with E-state index in [4.69, 9.17) is 5.26 Å². The van der Waals surface area contributed by atoms with Crippen LogP contribution in [0.1, 0.15) is 16.8 Å². The number of nitriles is 1. The van der Waals surface area contributed by atoms with Crippen molar-refractivity contribution in [2.75, 3.05) is 7.11 Å². The average molecular weight is 244 g/mol. The molecule has 1 heterocycles. The molecule has 7 heteroatoms. The SMILES string of the molecule is COC(=O)Cc1cc(C#N)c(C(F)(F)F)cn1. The molecule has 0 radical (unpaired) electrons. The molecule has 0 aliphatic heterocycles. The molecule has 0 saturated carbocycles. The molecule has 90 valence electrons. The molecule has 0 aliphatic rings. The zero-order valence-corrected chi connectivity index (χ0v) is 8.71. The van der Waals surface area contributed by atoms with Crippen LogP contribution in [0, 0.1) is 11.3 Å². The fourth-order valence-corrected chi connectivity index (χ4v) is 1.13. The summed E-state index contributed by atoms with van der Waals surface area (Å²) in [6.07, 6.45) is -4.37. The van der Waals surface area contributed by atoms with Gasteiger partial charge in [0.25, 0.3) is 0 Å². The van der Waals surface area contributed by atoms with E-state index in [9.17, 15) is 18.0 Å². The van der Waals surface area contributed by atoms with Gasteiger partial charge in [-0.05, 0) is 6.07 Å². The molecular weight excluding hydrogens is 237 g/mol. The number of esters is 1. The molecule has 0 aliphatic carbocycles. The summed E-state index contributed by atoms with van der Waals surface area (Å²) < 4.78 is 41.6. The van der Waals surface area contributed by atoms with Crippen LogP contribution in [0.15, 0.2) is 12.3 Å². The number of nitrogens with zero attached hydrogens (tertiary/aromatic N) is 2. The first-order chi connectivity index (χ1) is 7.88. The second kappa shape index (κ2) is 4.82. The van der Waals surface area contributed by atoms with Crippen molar-refractivity contribution in [1.29, 1.82) is 5.26 Å². The Morgan fingerprint density at radius 3 is 2.71 bits per heavy atom. The molecule has 0 spiro atoms. The average Bonchev–Trinajstić information content (AvgIpc) is 2.27. The van der Waals surface area contributed by atoms with Crippen LogP contribution >= 0.6 is 0 Å². The first-order valence-electron chi connectivity index (χ1n) is 4.41. The van der Waals surface area contributed by atoms with E-state index in [2.05, 4.69) is 9.72 Å². The van der Waals surface area contributed by atoms with Crippen molar-refractivity contribution in [3.63, 3.8) is 0 Å². The highest BCUT2D eigenvalue weighted by Crippen LogP contribution is 2.31. The summed E-state index contributed by atoms with van der Waals surface area (Å²) in [7, 11) is 1.15. The maximum atomic E-state index is 12.4. The number of ether oxygens (including phenoxy) is 1. The van der Waals surface area contributed by atoms with Gasteiger partial charge in [0.2, 0.25) is 0 Å². The molecule has 0 bridgehead atoms. The van der Waals surface area contributed by atoms with Crippen LogP contribution in [0.2, 0.25) is 0 Å². The molecule has 0 fully saturated rings. The van der Waals surface area contributed by atoms with Crippen LogP contribution in [-0.4, -0.2) is 18.1 Å². The molecule has 0 saturated heterocycles. The lowest BCUT2D eigenvalue weighted by molar-refractivity contribution is -0.139. The lowest BCUT2D eigenvalue weighted by Crippen LogP contribution is -2.11. The highest BCUT2D eigenvalue weighted by Gasteiger charge is 2.34. The largest absolute Gasteiger partial charge is 0.469 e. The van der Waals surface area contributed by atoms with Gasteiger partial charge in [-0.1, -0.05) is 0 Å². The Hall–Kier alpha value is -2.10. The number of halogens is 3. The third-order valence-corrected chi connectivity index (χ3v) is 1.94. The summed E-state index contributed by atoms with van der Waals surface area (Å²) in [5, 5.41) is 8.60. The monoisotopic (exact) mass is 244 g/mol. The van der Waals surface area contributed by atoms with Crippen molar-refractivity contribution in [3.8, 4) is 6.07 Å². The number of alkyl halides is 3. The number of pyridine rings is 1. The van der Waals surface area contributed by atoms with E-state index in [1.807, 2.05) is 0 Å². The van der Waals surface area contributed by atoms with Gasteiger partial charge < -0.3 is 4.74 Å². The number of carbonyl (C=O) groups excluding carboxylic acids is 1. The van der Waals surface area contributed by atoms with Gasteiger partial charge in [0.15, 0.2) is 0 Å². The maximum Gasteiger partial charge on any atom is 0.419 e. The summed E-state index contributed by atoms with van der Waals surface area (Å²) in [4.78, 5) is 14.4. The third-order valence-electron chi connectivity index (χ3n) is 1.94. The first kappa shape index (κ1) is 13.0. The van der Waals surface area contributed by atoms with Crippen LogP contribution in [0.3, 0.4) is 0 Å². The molecule has 0 amide bonds. The fourth-order valence-electron chi connectivity index (χ4n) is 1.13. The van der Waals surface area contributed by atoms with Crippen molar-refractivity contribution in [3.05, 3.63) is 29.1 Å². The second-order valence-corrected chi connectivity index (χ2v) is 3.08. The van der Waals surface area contributed by atoms with E-state index in [0.29, 0.717) is 6.20 Å². The summed E-state index contributed by atoms with van der Waals surface area (Å²) in [5.74, 6) is -0.638. The smallest absolute Gasteiger partial charge is 0.419 e. The number of carbonyl (C=O) groups is 1. The van der Waals surface area contributed by atoms with Crippen LogP contribution < -0.4 is 0 Å². The molecule has 0 aromatic carbocycles. The molecule has 1 rings (SSSR count). The highest BCUT2D eigenvalue weighted by molar-refractivity contribution is 5.72. The van der Waals surface area contributed by atoms with E-state index in [-0.39, 0.29) is 12.1 Å². The molecule has 17 heavy (non-hydrogen) atoms. The lowest BCUT2D eigenvalue weighted by atomic mass is 10.1. The Kier molecular flexibility index (Phi) is 3.68. The minimum atomic E-state index is -4.64. The molecule has 0 N–H and O–H groups in total. The third kappa shape index (κ3) is 3.17. The Balaban J connectivity index is 3.10. The van der Waals surface area contributed by atoms with Crippen LogP contribution in [-0.2, 0) is 22.1 Å². The highest BCUT2D eigenvalue weighted by atomic mass is 19.4. The van der Waals surface area contributed by atoms with Gasteiger partial charge >= 0.3 is 12.1 Å². The molecule has 0 atom stereocenters. The van der Waals surface area contributed by atoms with Gasteiger partial charge in [0.1, 0.15) is 0 Å². The number of rotatable bonds is 2. The number of methoxy groups -OCH3 is 1. The quantitative estimate of drug-likeness (QED) is 0.742. The maximum absolute atomic E-state index is 12.4. The van der Waals surface area contributed by atoms with Crippen LogP contribution in [0.4, 0.5) is 13.2 Å². The fraction of sp³-hybridized carbons (Fsp3) is 0.300. The van der Waals surface area contributed by atoms with E-state index in [1.165, 1.54) is 6.07 Å². The van der Waals surface area contributed by atoms with Gasteiger partial charge in [-0.25, -0.2) is 0 Å². The Bertz CT molecular complexity index is 477. The van der Waals surface area contributed by atoms with Crippen LogP contribution in [0.25, 0.3) is 0 Å². The first-order valence-corrected chi connectivity index (χ1v) is 4.41. The van der Waals surface area contributed by atoms with E-state index in [0.717, 1.165) is 13.2 Å². The minimum Gasteiger partial charge on any atom is -0.469 e. The number of aromatic nitrogens is 1. The predicted molar refractivity (Wildman–Crippen MR) is 49.7 cm³/mol. The van der Waals surface area contributed by atoms with Gasteiger partial charge in [-0.15, -0.1) is 0 Å². The molecule has 1 aromatic heterocycles.